The molecule has 0 saturated carbocycles. The van der Waals surface area contributed by atoms with Crippen LogP contribution < -0.4 is 10.6 Å². The lowest BCUT2D eigenvalue weighted by molar-refractivity contribution is -0.114. The molecular weight excluding hydrogens is 274 g/mol. The first kappa shape index (κ1) is 14.3. The highest BCUT2D eigenvalue weighted by Crippen LogP contribution is 2.26. The Morgan fingerprint density at radius 2 is 2.15 bits per heavy atom. The SMILES string of the molecule is CC(=O)Nc1cccc(C(C)Nc2cnccc2Cl)c1. The highest BCUT2D eigenvalue weighted by Gasteiger charge is 2.08. The molecule has 20 heavy (non-hydrogen) atoms. The van der Waals surface area contributed by atoms with E-state index in [9.17, 15) is 4.79 Å². The minimum absolute atomic E-state index is 0.0467. The van der Waals surface area contributed by atoms with Gasteiger partial charge in [-0.25, -0.2) is 0 Å². The quantitative estimate of drug-likeness (QED) is 0.898. The zero-order valence-corrected chi connectivity index (χ0v) is 12.1. The topological polar surface area (TPSA) is 54.0 Å². The molecule has 4 nitrogen and oxygen atoms in total. The summed E-state index contributed by atoms with van der Waals surface area (Å²) in [7, 11) is 0. The van der Waals surface area contributed by atoms with Crippen molar-refractivity contribution in [3.63, 3.8) is 0 Å². The summed E-state index contributed by atoms with van der Waals surface area (Å²) >= 11 is 6.10. The molecule has 2 N–H and O–H groups in total. The molecule has 1 aromatic heterocycles. The van der Waals surface area contributed by atoms with E-state index in [1.165, 1.54) is 6.92 Å². The maximum atomic E-state index is 11.1. The van der Waals surface area contributed by atoms with Crippen molar-refractivity contribution in [3.05, 3.63) is 53.3 Å². The molecule has 0 aliphatic heterocycles. The van der Waals surface area contributed by atoms with E-state index in [1.807, 2.05) is 31.2 Å². The summed E-state index contributed by atoms with van der Waals surface area (Å²) in [4.78, 5) is 15.1. The highest BCUT2D eigenvalue weighted by molar-refractivity contribution is 6.33. The fourth-order valence-corrected chi connectivity index (χ4v) is 2.05. The van der Waals surface area contributed by atoms with Crippen LogP contribution in [0.15, 0.2) is 42.7 Å². The molecular formula is C15H16ClN3O. The van der Waals surface area contributed by atoms with E-state index in [2.05, 4.69) is 15.6 Å². The monoisotopic (exact) mass is 289 g/mol. The molecule has 2 rings (SSSR count). The Balaban J connectivity index is 2.15. The summed E-state index contributed by atoms with van der Waals surface area (Å²) < 4.78 is 0. The molecule has 2 aromatic rings. The molecule has 0 spiro atoms. The predicted octanol–water partition coefficient (Wildman–Crippen LogP) is 3.87. The van der Waals surface area contributed by atoms with Crippen molar-refractivity contribution in [2.75, 3.05) is 10.6 Å². The predicted molar refractivity (Wildman–Crippen MR) is 82.0 cm³/mol. The van der Waals surface area contributed by atoms with Crippen molar-refractivity contribution in [1.29, 1.82) is 0 Å². The molecule has 1 heterocycles. The van der Waals surface area contributed by atoms with Gasteiger partial charge in [-0.15, -0.1) is 0 Å². The van der Waals surface area contributed by atoms with Gasteiger partial charge in [-0.2, -0.15) is 0 Å². The molecule has 0 fully saturated rings. The summed E-state index contributed by atoms with van der Waals surface area (Å²) in [6.07, 6.45) is 3.34. The third-order valence-corrected chi connectivity index (χ3v) is 3.18. The Kier molecular flexibility index (Phi) is 4.58. The van der Waals surface area contributed by atoms with E-state index in [-0.39, 0.29) is 11.9 Å². The van der Waals surface area contributed by atoms with E-state index in [1.54, 1.807) is 18.5 Å². The number of nitrogens with one attached hydrogen (secondary N) is 2. The molecule has 1 aromatic carbocycles. The van der Waals surface area contributed by atoms with Gasteiger partial charge >= 0.3 is 0 Å². The second-order valence-electron chi connectivity index (χ2n) is 4.53. The van der Waals surface area contributed by atoms with E-state index in [0.29, 0.717) is 5.02 Å². The number of benzene rings is 1. The number of nitrogens with zero attached hydrogens (tertiary/aromatic N) is 1. The summed E-state index contributed by atoms with van der Waals surface area (Å²) in [5, 5.41) is 6.70. The summed E-state index contributed by atoms with van der Waals surface area (Å²) in [6.45, 7) is 3.51. The average molecular weight is 290 g/mol. The van der Waals surface area contributed by atoms with Gasteiger partial charge in [0, 0.05) is 24.8 Å². The molecule has 0 aliphatic carbocycles. The Morgan fingerprint density at radius 1 is 1.35 bits per heavy atom. The zero-order valence-electron chi connectivity index (χ0n) is 11.4. The maximum absolute atomic E-state index is 11.1. The number of hydrogen-bond acceptors (Lipinski definition) is 3. The summed E-state index contributed by atoms with van der Waals surface area (Å²) in [5.41, 5.74) is 2.61. The first-order valence-corrected chi connectivity index (χ1v) is 6.67. The van der Waals surface area contributed by atoms with Crippen LogP contribution in [0.5, 0.6) is 0 Å². The number of carbonyl (C=O) groups excluding carboxylic acids is 1. The Bertz CT molecular complexity index is 616. The highest BCUT2D eigenvalue weighted by atomic mass is 35.5. The van der Waals surface area contributed by atoms with Gasteiger partial charge in [-0.1, -0.05) is 23.7 Å². The van der Waals surface area contributed by atoms with Crippen LogP contribution in [-0.4, -0.2) is 10.9 Å². The Morgan fingerprint density at radius 3 is 2.85 bits per heavy atom. The minimum atomic E-state index is -0.0851. The van der Waals surface area contributed by atoms with Gasteiger partial charge < -0.3 is 10.6 Å². The number of aromatic nitrogens is 1. The van der Waals surface area contributed by atoms with Gasteiger partial charge in [0.25, 0.3) is 0 Å². The van der Waals surface area contributed by atoms with Gasteiger partial charge in [-0.3, -0.25) is 9.78 Å². The largest absolute Gasteiger partial charge is 0.376 e. The fraction of sp³-hybridized carbons (Fsp3) is 0.200. The molecule has 0 bridgehead atoms. The second kappa shape index (κ2) is 6.39. The lowest BCUT2D eigenvalue weighted by Crippen LogP contribution is -2.09. The first-order chi connectivity index (χ1) is 9.56. The Labute approximate surface area is 123 Å². The van der Waals surface area contributed by atoms with Crippen molar-refractivity contribution in [1.82, 2.24) is 4.98 Å². The Hall–Kier alpha value is -2.07. The smallest absolute Gasteiger partial charge is 0.221 e. The minimum Gasteiger partial charge on any atom is -0.376 e. The molecule has 0 aliphatic rings. The molecule has 104 valence electrons. The van der Waals surface area contributed by atoms with E-state index >= 15 is 0 Å². The normalized spacial score (nSPS) is 11.8. The number of carbonyl (C=O) groups is 1. The number of pyridine rings is 1. The molecule has 1 amide bonds. The van der Waals surface area contributed by atoms with Crippen LogP contribution in [0.3, 0.4) is 0 Å². The molecule has 1 atom stereocenters. The van der Waals surface area contributed by atoms with E-state index < -0.39 is 0 Å². The number of amides is 1. The zero-order chi connectivity index (χ0) is 14.5. The van der Waals surface area contributed by atoms with E-state index in [0.717, 1.165) is 16.9 Å². The number of rotatable bonds is 4. The molecule has 0 saturated heterocycles. The van der Waals surface area contributed by atoms with Gasteiger partial charge in [-0.05, 0) is 30.7 Å². The second-order valence-corrected chi connectivity index (χ2v) is 4.94. The fourth-order valence-electron chi connectivity index (χ4n) is 1.89. The maximum Gasteiger partial charge on any atom is 0.221 e. The van der Waals surface area contributed by atoms with Crippen molar-refractivity contribution < 1.29 is 4.79 Å². The standard InChI is InChI=1S/C15H16ClN3O/c1-10(18-15-9-17-7-6-14(15)16)12-4-3-5-13(8-12)19-11(2)20/h3-10,18H,1-2H3,(H,19,20). The van der Waals surface area contributed by atoms with Crippen LogP contribution in [0.25, 0.3) is 0 Å². The molecule has 5 heteroatoms. The van der Waals surface area contributed by atoms with Crippen LogP contribution in [0.1, 0.15) is 25.5 Å². The number of anilines is 2. The van der Waals surface area contributed by atoms with Gasteiger partial charge in [0.2, 0.25) is 5.91 Å². The van der Waals surface area contributed by atoms with Crippen LogP contribution in [-0.2, 0) is 4.79 Å². The average Bonchev–Trinajstić information content (AvgIpc) is 2.41. The van der Waals surface area contributed by atoms with Gasteiger partial charge in [0.05, 0.1) is 16.9 Å². The van der Waals surface area contributed by atoms with E-state index in [4.69, 9.17) is 11.6 Å². The van der Waals surface area contributed by atoms with Gasteiger partial charge in [0.15, 0.2) is 0 Å². The van der Waals surface area contributed by atoms with Crippen molar-refractivity contribution in [3.8, 4) is 0 Å². The lowest BCUT2D eigenvalue weighted by Gasteiger charge is -2.17. The first-order valence-electron chi connectivity index (χ1n) is 6.30. The van der Waals surface area contributed by atoms with Crippen LogP contribution >= 0.6 is 11.6 Å². The van der Waals surface area contributed by atoms with Crippen LogP contribution in [0.2, 0.25) is 5.02 Å². The number of hydrogen-bond donors (Lipinski definition) is 2. The lowest BCUT2D eigenvalue weighted by atomic mass is 10.1. The van der Waals surface area contributed by atoms with Crippen molar-refractivity contribution in [2.24, 2.45) is 0 Å². The van der Waals surface area contributed by atoms with Crippen molar-refractivity contribution >= 4 is 28.9 Å². The molecule has 1 unspecified atom stereocenters. The van der Waals surface area contributed by atoms with Gasteiger partial charge in [0.1, 0.15) is 0 Å². The number of halogens is 1. The van der Waals surface area contributed by atoms with Crippen LogP contribution in [0.4, 0.5) is 11.4 Å². The third-order valence-electron chi connectivity index (χ3n) is 2.85. The third kappa shape index (κ3) is 3.71. The van der Waals surface area contributed by atoms with Crippen molar-refractivity contribution in [2.45, 2.75) is 19.9 Å². The summed E-state index contributed by atoms with van der Waals surface area (Å²) in [5.74, 6) is -0.0851. The summed E-state index contributed by atoms with van der Waals surface area (Å²) in [6, 6.07) is 9.48. The molecule has 0 radical (unpaired) electrons. The van der Waals surface area contributed by atoms with Crippen LogP contribution in [0, 0.1) is 0 Å².